The SMILES string of the molecule is Fc1cc2c3c(csc3c1)CCNCCCC2. The summed E-state index contributed by atoms with van der Waals surface area (Å²) in [4.78, 5) is 0. The van der Waals surface area contributed by atoms with Gasteiger partial charge in [-0.3, -0.25) is 0 Å². The van der Waals surface area contributed by atoms with Crippen molar-refractivity contribution in [2.24, 2.45) is 0 Å². The van der Waals surface area contributed by atoms with E-state index in [1.165, 1.54) is 22.9 Å². The molecule has 1 N–H and O–H groups in total. The van der Waals surface area contributed by atoms with E-state index in [2.05, 4.69) is 10.7 Å². The summed E-state index contributed by atoms with van der Waals surface area (Å²) in [6.07, 6.45) is 4.37. The summed E-state index contributed by atoms with van der Waals surface area (Å²) in [5.41, 5.74) is 2.59. The zero-order valence-electron chi connectivity index (χ0n) is 9.76. The Balaban J connectivity index is 2.13. The second-order valence-corrected chi connectivity index (χ2v) is 5.57. The first-order valence-electron chi connectivity index (χ1n) is 6.24. The predicted octanol–water partition coefficient (Wildman–Crippen LogP) is 3.51. The highest BCUT2D eigenvalue weighted by Crippen LogP contribution is 2.31. The van der Waals surface area contributed by atoms with E-state index >= 15 is 0 Å². The first-order chi connectivity index (χ1) is 8.34. The summed E-state index contributed by atoms with van der Waals surface area (Å²) in [6, 6.07) is 3.40. The molecule has 2 heterocycles. The summed E-state index contributed by atoms with van der Waals surface area (Å²) < 4.78 is 14.6. The molecule has 90 valence electrons. The van der Waals surface area contributed by atoms with Crippen molar-refractivity contribution in [3.8, 4) is 0 Å². The van der Waals surface area contributed by atoms with Gasteiger partial charge in [-0.05, 0) is 72.8 Å². The fourth-order valence-corrected chi connectivity index (χ4v) is 3.65. The Morgan fingerprint density at radius 2 is 2.00 bits per heavy atom. The maximum Gasteiger partial charge on any atom is 0.124 e. The van der Waals surface area contributed by atoms with Gasteiger partial charge in [0.05, 0.1) is 0 Å². The fraction of sp³-hybridized carbons (Fsp3) is 0.429. The van der Waals surface area contributed by atoms with Gasteiger partial charge in [0.15, 0.2) is 0 Å². The molecule has 0 unspecified atom stereocenters. The third-order valence-electron chi connectivity index (χ3n) is 3.42. The molecule has 1 aliphatic rings. The minimum Gasteiger partial charge on any atom is -0.316 e. The van der Waals surface area contributed by atoms with E-state index < -0.39 is 0 Å². The van der Waals surface area contributed by atoms with Gasteiger partial charge in [-0.15, -0.1) is 11.3 Å². The zero-order chi connectivity index (χ0) is 11.7. The quantitative estimate of drug-likeness (QED) is 0.753. The molecular formula is C14H16FNS. The van der Waals surface area contributed by atoms with Crippen LogP contribution in [0.25, 0.3) is 10.1 Å². The van der Waals surface area contributed by atoms with E-state index in [0.717, 1.165) is 37.1 Å². The van der Waals surface area contributed by atoms with Gasteiger partial charge < -0.3 is 5.32 Å². The summed E-state index contributed by atoms with van der Waals surface area (Å²) in [5.74, 6) is -0.0870. The Labute approximate surface area is 105 Å². The van der Waals surface area contributed by atoms with Crippen LogP contribution in [-0.4, -0.2) is 13.1 Å². The van der Waals surface area contributed by atoms with E-state index in [0.29, 0.717) is 0 Å². The van der Waals surface area contributed by atoms with Crippen molar-refractivity contribution in [1.29, 1.82) is 0 Å². The predicted molar refractivity (Wildman–Crippen MR) is 71.3 cm³/mol. The normalized spacial score (nSPS) is 17.2. The lowest BCUT2D eigenvalue weighted by molar-refractivity contribution is 0.612. The number of nitrogens with one attached hydrogen (secondary N) is 1. The molecule has 0 saturated heterocycles. The number of hydrogen-bond acceptors (Lipinski definition) is 2. The van der Waals surface area contributed by atoms with Gasteiger partial charge in [-0.2, -0.15) is 0 Å². The average Bonchev–Trinajstić information content (AvgIpc) is 2.71. The van der Waals surface area contributed by atoms with Crippen LogP contribution in [-0.2, 0) is 12.8 Å². The highest BCUT2D eigenvalue weighted by molar-refractivity contribution is 7.17. The maximum absolute atomic E-state index is 13.5. The highest BCUT2D eigenvalue weighted by atomic mass is 32.1. The Hall–Kier alpha value is -0.930. The van der Waals surface area contributed by atoms with E-state index in [9.17, 15) is 4.39 Å². The molecule has 0 amide bonds. The van der Waals surface area contributed by atoms with E-state index in [4.69, 9.17) is 0 Å². The van der Waals surface area contributed by atoms with Gasteiger partial charge >= 0.3 is 0 Å². The number of aryl methyl sites for hydroxylation is 1. The molecule has 0 radical (unpaired) electrons. The van der Waals surface area contributed by atoms with Crippen LogP contribution in [0.3, 0.4) is 0 Å². The number of benzene rings is 1. The molecule has 2 aromatic rings. The van der Waals surface area contributed by atoms with Gasteiger partial charge in [0.25, 0.3) is 0 Å². The molecule has 0 spiro atoms. The van der Waals surface area contributed by atoms with Crippen molar-refractivity contribution in [2.45, 2.75) is 25.7 Å². The molecule has 3 heteroatoms. The molecule has 0 saturated carbocycles. The lowest BCUT2D eigenvalue weighted by atomic mass is 9.99. The van der Waals surface area contributed by atoms with Crippen LogP contribution in [0.1, 0.15) is 24.0 Å². The molecule has 1 aromatic carbocycles. The first kappa shape index (κ1) is 11.2. The average molecular weight is 249 g/mol. The van der Waals surface area contributed by atoms with Crippen molar-refractivity contribution in [3.63, 3.8) is 0 Å². The van der Waals surface area contributed by atoms with Crippen LogP contribution in [0.2, 0.25) is 0 Å². The minimum absolute atomic E-state index is 0.0870. The number of hydrogen-bond donors (Lipinski definition) is 1. The largest absolute Gasteiger partial charge is 0.316 e. The summed E-state index contributed by atoms with van der Waals surface area (Å²) >= 11 is 1.67. The van der Waals surface area contributed by atoms with Crippen molar-refractivity contribution < 1.29 is 4.39 Å². The van der Waals surface area contributed by atoms with Crippen LogP contribution >= 0.6 is 11.3 Å². The summed E-state index contributed by atoms with van der Waals surface area (Å²) in [7, 11) is 0. The van der Waals surface area contributed by atoms with E-state index in [-0.39, 0.29) is 5.82 Å². The molecule has 0 fully saturated rings. The lowest BCUT2D eigenvalue weighted by Crippen LogP contribution is -2.19. The van der Waals surface area contributed by atoms with Gasteiger partial charge in [-0.25, -0.2) is 4.39 Å². The van der Waals surface area contributed by atoms with Gasteiger partial charge in [0, 0.05) is 4.70 Å². The summed E-state index contributed by atoms with van der Waals surface area (Å²) in [5, 5.41) is 6.97. The standard InChI is InChI=1S/C14H16FNS/c15-12-7-10-3-1-2-5-16-6-4-11-9-17-13(8-12)14(10)11/h7-9,16H,1-6H2. The van der Waals surface area contributed by atoms with E-state index in [1.54, 1.807) is 23.5 Å². The Morgan fingerprint density at radius 1 is 1.06 bits per heavy atom. The van der Waals surface area contributed by atoms with Crippen molar-refractivity contribution in [3.05, 3.63) is 34.5 Å². The lowest BCUT2D eigenvalue weighted by Gasteiger charge is -2.11. The van der Waals surface area contributed by atoms with Crippen LogP contribution in [0.15, 0.2) is 17.5 Å². The number of halogens is 1. The van der Waals surface area contributed by atoms with E-state index in [1.807, 2.05) is 0 Å². The molecule has 1 nitrogen and oxygen atoms in total. The van der Waals surface area contributed by atoms with Crippen LogP contribution < -0.4 is 5.32 Å². The van der Waals surface area contributed by atoms with Gasteiger partial charge in [-0.1, -0.05) is 0 Å². The second-order valence-electron chi connectivity index (χ2n) is 4.66. The number of rotatable bonds is 0. The zero-order valence-corrected chi connectivity index (χ0v) is 10.6. The minimum atomic E-state index is -0.0870. The first-order valence-corrected chi connectivity index (χ1v) is 7.12. The van der Waals surface area contributed by atoms with Crippen molar-refractivity contribution >= 4 is 21.4 Å². The molecule has 1 aromatic heterocycles. The van der Waals surface area contributed by atoms with Crippen LogP contribution in [0, 0.1) is 5.82 Å². The summed E-state index contributed by atoms with van der Waals surface area (Å²) in [6.45, 7) is 2.11. The molecule has 0 bridgehead atoms. The van der Waals surface area contributed by atoms with Gasteiger partial charge in [0.2, 0.25) is 0 Å². The van der Waals surface area contributed by atoms with Gasteiger partial charge in [0.1, 0.15) is 5.82 Å². The fourth-order valence-electron chi connectivity index (χ4n) is 2.58. The number of thiophene rings is 1. The monoisotopic (exact) mass is 249 g/mol. The molecule has 0 atom stereocenters. The third-order valence-corrected chi connectivity index (χ3v) is 4.40. The Morgan fingerprint density at radius 3 is 2.94 bits per heavy atom. The highest BCUT2D eigenvalue weighted by Gasteiger charge is 2.12. The van der Waals surface area contributed by atoms with Crippen LogP contribution in [0.5, 0.6) is 0 Å². The molecule has 0 aliphatic carbocycles. The maximum atomic E-state index is 13.5. The molecular weight excluding hydrogens is 233 g/mol. The van der Waals surface area contributed by atoms with Crippen molar-refractivity contribution in [2.75, 3.05) is 13.1 Å². The van der Waals surface area contributed by atoms with Crippen LogP contribution in [0.4, 0.5) is 4.39 Å². The smallest absolute Gasteiger partial charge is 0.124 e. The topological polar surface area (TPSA) is 12.0 Å². The molecule has 1 aliphatic heterocycles. The Kier molecular flexibility index (Phi) is 3.12. The van der Waals surface area contributed by atoms with Crippen molar-refractivity contribution in [1.82, 2.24) is 5.32 Å². The molecule has 3 rings (SSSR count). The third kappa shape index (κ3) is 2.22. The molecule has 17 heavy (non-hydrogen) atoms. The Bertz CT molecular complexity index is 532. The second kappa shape index (κ2) is 4.75.